The van der Waals surface area contributed by atoms with Crippen LogP contribution in [0.4, 0.5) is 5.69 Å². The molecule has 2 aromatic carbocycles. The van der Waals surface area contributed by atoms with Gasteiger partial charge in [-0.3, -0.25) is 0 Å². The highest BCUT2D eigenvalue weighted by Gasteiger charge is 2.10. The Bertz CT molecular complexity index is 551. The first-order valence-corrected chi connectivity index (χ1v) is 7.49. The van der Waals surface area contributed by atoms with Crippen LogP contribution < -0.4 is 15.8 Å². The zero-order valence-electron chi connectivity index (χ0n) is 12.8. The molecule has 3 heteroatoms. The van der Waals surface area contributed by atoms with Gasteiger partial charge in [-0.2, -0.15) is 0 Å². The average Bonchev–Trinajstić information content (AvgIpc) is 2.53. The van der Waals surface area contributed by atoms with E-state index in [-0.39, 0.29) is 6.04 Å². The van der Waals surface area contributed by atoms with Gasteiger partial charge in [-0.25, -0.2) is 0 Å². The molecule has 1 atom stereocenters. The van der Waals surface area contributed by atoms with E-state index in [0.29, 0.717) is 6.54 Å². The summed E-state index contributed by atoms with van der Waals surface area (Å²) < 4.78 is 5.61. The zero-order chi connectivity index (χ0) is 15.1. The number of hydrogen-bond acceptors (Lipinski definition) is 3. The van der Waals surface area contributed by atoms with Crippen LogP contribution in [0.3, 0.4) is 0 Å². The van der Waals surface area contributed by atoms with Gasteiger partial charge in [-0.1, -0.05) is 37.3 Å². The summed E-state index contributed by atoms with van der Waals surface area (Å²) in [5, 5.41) is 3.51. The molecule has 0 heterocycles. The fraction of sp³-hybridized carbons (Fsp3) is 0.333. The second kappa shape index (κ2) is 7.70. The molecule has 2 rings (SSSR count). The van der Waals surface area contributed by atoms with Crippen molar-refractivity contribution >= 4 is 5.69 Å². The minimum absolute atomic E-state index is 0.103. The van der Waals surface area contributed by atoms with Gasteiger partial charge in [0.25, 0.3) is 0 Å². The van der Waals surface area contributed by atoms with Crippen molar-refractivity contribution in [2.75, 3.05) is 18.5 Å². The topological polar surface area (TPSA) is 47.3 Å². The number of ether oxygens (including phenoxy) is 1. The fourth-order valence-electron chi connectivity index (χ4n) is 2.22. The molecule has 0 aromatic heterocycles. The van der Waals surface area contributed by atoms with Crippen LogP contribution in [0, 0.1) is 6.92 Å². The molecule has 0 fully saturated rings. The van der Waals surface area contributed by atoms with Crippen molar-refractivity contribution in [2.24, 2.45) is 5.73 Å². The summed E-state index contributed by atoms with van der Waals surface area (Å²) >= 11 is 0. The predicted octanol–water partition coefficient (Wildman–Crippen LogP) is 3.90. The summed E-state index contributed by atoms with van der Waals surface area (Å²) in [5.41, 5.74) is 9.44. The highest BCUT2D eigenvalue weighted by Crippen LogP contribution is 2.23. The molecule has 0 aliphatic heterocycles. The van der Waals surface area contributed by atoms with Gasteiger partial charge in [0.1, 0.15) is 5.75 Å². The normalized spacial score (nSPS) is 12.0. The van der Waals surface area contributed by atoms with Gasteiger partial charge < -0.3 is 15.8 Å². The van der Waals surface area contributed by atoms with E-state index in [0.717, 1.165) is 24.5 Å². The van der Waals surface area contributed by atoms with Gasteiger partial charge >= 0.3 is 0 Å². The number of anilines is 1. The third-order valence-electron chi connectivity index (χ3n) is 3.47. The second-order valence-electron chi connectivity index (χ2n) is 5.17. The standard InChI is InChI=1S/C18H24N2O/c1-3-12-21-16-10-8-15(9-11-16)18(13-19)20-17-7-5-4-6-14(17)2/h4-11,18,20H,3,12-13,19H2,1-2H3. The molecule has 1 unspecified atom stereocenters. The lowest BCUT2D eigenvalue weighted by atomic mass is 10.1. The molecule has 21 heavy (non-hydrogen) atoms. The van der Waals surface area contributed by atoms with Gasteiger partial charge in [0.05, 0.1) is 12.6 Å². The van der Waals surface area contributed by atoms with E-state index >= 15 is 0 Å². The first-order chi connectivity index (χ1) is 10.2. The van der Waals surface area contributed by atoms with Crippen molar-refractivity contribution in [3.05, 3.63) is 59.7 Å². The molecular weight excluding hydrogens is 260 g/mol. The number of para-hydroxylation sites is 1. The third kappa shape index (κ3) is 4.23. The highest BCUT2D eigenvalue weighted by atomic mass is 16.5. The van der Waals surface area contributed by atoms with Gasteiger partial charge in [0, 0.05) is 12.2 Å². The molecule has 2 aromatic rings. The number of aryl methyl sites for hydroxylation is 1. The average molecular weight is 284 g/mol. The van der Waals surface area contributed by atoms with E-state index < -0.39 is 0 Å². The summed E-state index contributed by atoms with van der Waals surface area (Å²) in [5.74, 6) is 0.910. The van der Waals surface area contributed by atoms with Gasteiger partial charge in [-0.15, -0.1) is 0 Å². The summed E-state index contributed by atoms with van der Waals surface area (Å²) in [6.45, 7) is 5.49. The Balaban J connectivity index is 2.08. The summed E-state index contributed by atoms with van der Waals surface area (Å²) in [6, 6.07) is 16.5. The number of nitrogens with one attached hydrogen (secondary N) is 1. The fourth-order valence-corrected chi connectivity index (χ4v) is 2.22. The quantitative estimate of drug-likeness (QED) is 0.810. The Morgan fingerprint density at radius 2 is 1.81 bits per heavy atom. The van der Waals surface area contributed by atoms with E-state index in [9.17, 15) is 0 Å². The zero-order valence-corrected chi connectivity index (χ0v) is 12.8. The maximum atomic E-state index is 5.93. The third-order valence-corrected chi connectivity index (χ3v) is 3.47. The van der Waals surface area contributed by atoms with E-state index in [1.807, 2.05) is 24.3 Å². The van der Waals surface area contributed by atoms with Crippen LogP contribution in [-0.2, 0) is 0 Å². The smallest absolute Gasteiger partial charge is 0.119 e. The van der Waals surface area contributed by atoms with Crippen molar-refractivity contribution in [1.82, 2.24) is 0 Å². The Kier molecular flexibility index (Phi) is 5.64. The van der Waals surface area contributed by atoms with Crippen LogP contribution in [0.5, 0.6) is 5.75 Å². The highest BCUT2D eigenvalue weighted by molar-refractivity contribution is 5.52. The SMILES string of the molecule is CCCOc1ccc(C(CN)Nc2ccccc2C)cc1. The summed E-state index contributed by atoms with van der Waals surface area (Å²) in [7, 11) is 0. The molecule has 112 valence electrons. The molecule has 3 nitrogen and oxygen atoms in total. The molecule has 0 radical (unpaired) electrons. The molecule has 0 saturated heterocycles. The Labute approximate surface area is 127 Å². The van der Waals surface area contributed by atoms with Crippen LogP contribution in [-0.4, -0.2) is 13.2 Å². The lowest BCUT2D eigenvalue weighted by Crippen LogP contribution is -2.20. The largest absolute Gasteiger partial charge is 0.494 e. The Morgan fingerprint density at radius 1 is 1.10 bits per heavy atom. The number of hydrogen-bond donors (Lipinski definition) is 2. The Morgan fingerprint density at radius 3 is 2.43 bits per heavy atom. The van der Waals surface area contributed by atoms with Crippen LogP contribution >= 0.6 is 0 Å². The van der Waals surface area contributed by atoms with Gasteiger partial charge in [0.2, 0.25) is 0 Å². The molecule has 0 amide bonds. The van der Waals surface area contributed by atoms with E-state index in [1.165, 1.54) is 11.1 Å². The first kappa shape index (κ1) is 15.4. The van der Waals surface area contributed by atoms with Crippen LogP contribution in [0.2, 0.25) is 0 Å². The van der Waals surface area contributed by atoms with Crippen LogP contribution in [0.1, 0.15) is 30.5 Å². The lowest BCUT2D eigenvalue weighted by Gasteiger charge is -2.20. The maximum Gasteiger partial charge on any atom is 0.119 e. The molecular formula is C18H24N2O. The monoisotopic (exact) mass is 284 g/mol. The van der Waals surface area contributed by atoms with E-state index in [1.54, 1.807) is 0 Å². The Hall–Kier alpha value is -2.00. The van der Waals surface area contributed by atoms with Gasteiger partial charge in [0.15, 0.2) is 0 Å². The minimum Gasteiger partial charge on any atom is -0.494 e. The minimum atomic E-state index is 0.103. The molecule has 0 saturated carbocycles. The summed E-state index contributed by atoms with van der Waals surface area (Å²) in [6.07, 6.45) is 1.02. The number of nitrogens with two attached hydrogens (primary N) is 1. The molecule has 0 aliphatic carbocycles. The molecule has 0 aliphatic rings. The molecule has 0 spiro atoms. The number of rotatable bonds is 7. The summed E-state index contributed by atoms with van der Waals surface area (Å²) in [4.78, 5) is 0. The maximum absolute atomic E-state index is 5.93. The van der Waals surface area contributed by atoms with E-state index in [4.69, 9.17) is 10.5 Å². The van der Waals surface area contributed by atoms with Gasteiger partial charge in [-0.05, 0) is 42.7 Å². The van der Waals surface area contributed by atoms with Crippen LogP contribution in [0.15, 0.2) is 48.5 Å². The lowest BCUT2D eigenvalue weighted by molar-refractivity contribution is 0.317. The predicted molar refractivity (Wildman–Crippen MR) is 88.8 cm³/mol. The van der Waals surface area contributed by atoms with Crippen molar-refractivity contribution in [1.29, 1.82) is 0 Å². The molecule has 3 N–H and O–H groups in total. The van der Waals surface area contributed by atoms with Crippen molar-refractivity contribution in [3.8, 4) is 5.75 Å². The van der Waals surface area contributed by atoms with Crippen LogP contribution in [0.25, 0.3) is 0 Å². The molecule has 0 bridgehead atoms. The second-order valence-corrected chi connectivity index (χ2v) is 5.17. The van der Waals surface area contributed by atoms with Crippen molar-refractivity contribution in [3.63, 3.8) is 0 Å². The van der Waals surface area contributed by atoms with Crippen molar-refractivity contribution < 1.29 is 4.74 Å². The van der Waals surface area contributed by atoms with Crippen molar-refractivity contribution in [2.45, 2.75) is 26.3 Å². The first-order valence-electron chi connectivity index (χ1n) is 7.49. The van der Waals surface area contributed by atoms with E-state index in [2.05, 4.69) is 43.4 Å². The number of benzene rings is 2.